The molecule has 0 unspecified atom stereocenters. The van der Waals surface area contributed by atoms with E-state index in [9.17, 15) is 0 Å². The molecule has 1 N–H and O–H groups in total. The van der Waals surface area contributed by atoms with Gasteiger partial charge in [-0.15, -0.1) is 11.3 Å². The fourth-order valence-electron chi connectivity index (χ4n) is 2.12. The lowest BCUT2D eigenvalue weighted by molar-refractivity contribution is 0.208. The number of rotatable bonds is 5. The molecule has 1 saturated carbocycles. The number of nitrogens with zero attached hydrogens (tertiary/aromatic N) is 1. The third-order valence-corrected chi connectivity index (χ3v) is 4.59. The minimum Gasteiger partial charge on any atom is -0.315 e. The lowest BCUT2D eigenvalue weighted by atomic mass is 9.70. The molecule has 0 atom stereocenters. The lowest BCUT2D eigenvalue weighted by Crippen LogP contribution is -2.39. The monoisotopic (exact) mass is 234 g/mol. The first-order chi connectivity index (χ1) is 7.76. The Morgan fingerprint density at radius 1 is 1.56 bits per heavy atom. The molecule has 2 rings (SSSR count). The summed E-state index contributed by atoms with van der Waals surface area (Å²) in [5, 5.41) is 14.7. The van der Waals surface area contributed by atoms with Gasteiger partial charge < -0.3 is 5.32 Å². The summed E-state index contributed by atoms with van der Waals surface area (Å²) in [6, 6.07) is 4.63. The molecule has 3 heteroatoms. The Kier molecular flexibility index (Phi) is 3.63. The zero-order valence-corrected chi connectivity index (χ0v) is 10.6. The van der Waals surface area contributed by atoms with Gasteiger partial charge in [0, 0.05) is 18.0 Å². The van der Waals surface area contributed by atoms with E-state index in [2.05, 4.69) is 29.8 Å². The van der Waals surface area contributed by atoms with Crippen LogP contribution in [0.25, 0.3) is 0 Å². The summed E-state index contributed by atoms with van der Waals surface area (Å²) in [7, 11) is 0. The van der Waals surface area contributed by atoms with Crippen LogP contribution in [-0.2, 0) is 6.42 Å². The van der Waals surface area contributed by atoms with Crippen LogP contribution in [0.3, 0.4) is 0 Å². The van der Waals surface area contributed by atoms with E-state index in [0.29, 0.717) is 0 Å². The first-order valence-corrected chi connectivity index (χ1v) is 6.79. The summed E-state index contributed by atoms with van der Waals surface area (Å²) in [5.74, 6) is 0. The second kappa shape index (κ2) is 4.99. The normalized spacial score (nSPS) is 17.8. The first-order valence-electron chi connectivity index (χ1n) is 5.91. The Bertz CT molecular complexity index is 385. The molecular weight excluding hydrogens is 216 g/mol. The van der Waals surface area contributed by atoms with Gasteiger partial charge in [0.1, 0.15) is 0 Å². The van der Waals surface area contributed by atoms with Crippen LogP contribution in [0.2, 0.25) is 0 Å². The van der Waals surface area contributed by atoms with Crippen LogP contribution >= 0.6 is 11.3 Å². The third-order valence-electron chi connectivity index (χ3n) is 3.51. The molecule has 0 bridgehead atoms. The Labute approximate surface area is 101 Å². The molecule has 86 valence electrons. The third kappa shape index (κ3) is 2.45. The molecule has 1 aromatic rings. The van der Waals surface area contributed by atoms with Gasteiger partial charge in [0.25, 0.3) is 0 Å². The fraction of sp³-hybridized carbons (Fsp3) is 0.615. The molecule has 2 nitrogen and oxygen atoms in total. The molecule has 0 saturated heterocycles. The highest BCUT2D eigenvalue weighted by molar-refractivity contribution is 7.10. The number of aryl methyl sites for hydroxylation is 1. The molecule has 0 aromatic carbocycles. The van der Waals surface area contributed by atoms with E-state index < -0.39 is 0 Å². The summed E-state index contributed by atoms with van der Waals surface area (Å²) >= 11 is 1.83. The maximum absolute atomic E-state index is 9.08. The molecule has 0 spiro atoms. The number of nitriles is 1. The predicted molar refractivity (Wildman–Crippen MR) is 67.5 cm³/mol. The summed E-state index contributed by atoms with van der Waals surface area (Å²) in [4.78, 5) is 1.46. The van der Waals surface area contributed by atoms with Crippen LogP contribution in [0.5, 0.6) is 0 Å². The maximum atomic E-state index is 9.08. The second-order valence-electron chi connectivity index (χ2n) is 4.70. The highest BCUT2D eigenvalue weighted by Crippen LogP contribution is 2.39. The van der Waals surface area contributed by atoms with Crippen LogP contribution in [0, 0.1) is 23.7 Å². The van der Waals surface area contributed by atoms with Crippen LogP contribution in [-0.4, -0.2) is 13.1 Å². The number of hydrogen-bond donors (Lipinski definition) is 1. The van der Waals surface area contributed by atoms with Crippen molar-refractivity contribution in [3.05, 3.63) is 21.9 Å². The van der Waals surface area contributed by atoms with Gasteiger partial charge in [-0.05, 0) is 43.2 Å². The van der Waals surface area contributed by atoms with E-state index >= 15 is 0 Å². The summed E-state index contributed by atoms with van der Waals surface area (Å²) in [5.41, 5.74) is 1.36. The molecule has 1 aliphatic carbocycles. The van der Waals surface area contributed by atoms with Gasteiger partial charge in [0.2, 0.25) is 0 Å². The molecule has 1 aromatic heterocycles. The predicted octanol–water partition coefficient (Wildman–Crippen LogP) is 2.88. The van der Waals surface area contributed by atoms with Gasteiger partial charge in [0.15, 0.2) is 0 Å². The quantitative estimate of drug-likeness (QED) is 0.795. The molecule has 0 radical (unpaired) electrons. The summed E-state index contributed by atoms with van der Waals surface area (Å²) in [6.07, 6.45) is 4.47. The van der Waals surface area contributed by atoms with Crippen molar-refractivity contribution in [2.45, 2.75) is 32.6 Å². The Balaban J connectivity index is 1.70. The number of hydrogen-bond acceptors (Lipinski definition) is 3. The van der Waals surface area contributed by atoms with Gasteiger partial charge in [0.05, 0.1) is 11.5 Å². The number of nitrogens with one attached hydrogen (secondary N) is 1. The van der Waals surface area contributed by atoms with Gasteiger partial charge in [-0.1, -0.05) is 6.42 Å². The highest BCUT2D eigenvalue weighted by Gasteiger charge is 2.36. The van der Waals surface area contributed by atoms with Crippen LogP contribution in [0.4, 0.5) is 0 Å². The molecule has 0 aliphatic heterocycles. The second-order valence-corrected chi connectivity index (χ2v) is 5.70. The van der Waals surface area contributed by atoms with E-state index in [1.165, 1.54) is 16.9 Å². The highest BCUT2D eigenvalue weighted by atomic mass is 32.1. The van der Waals surface area contributed by atoms with E-state index in [-0.39, 0.29) is 5.41 Å². The zero-order chi connectivity index (χ0) is 11.4. The minimum atomic E-state index is -0.0372. The maximum Gasteiger partial charge on any atom is 0.0703 e. The smallest absolute Gasteiger partial charge is 0.0703 e. The average Bonchev–Trinajstić information content (AvgIpc) is 2.62. The van der Waals surface area contributed by atoms with Crippen molar-refractivity contribution in [2.75, 3.05) is 13.1 Å². The Hall–Kier alpha value is -0.850. The molecule has 1 heterocycles. The van der Waals surface area contributed by atoms with Gasteiger partial charge in [-0.2, -0.15) is 5.26 Å². The van der Waals surface area contributed by atoms with E-state index in [4.69, 9.17) is 5.26 Å². The number of thiophene rings is 1. The molecule has 16 heavy (non-hydrogen) atoms. The SMILES string of the molecule is Cc1ccsc1CCNCC1(C#N)CCC1. The van der Waals surface area contributed by atoms with Gasteiger partial charge >= 0.3 is 0 Å². The molecule has 0 amide bonds. The van der Waals surface area contributed by atoms with Gasteiger partial charge in [-0.25, -0.2) is 0 Å². The molecule has 1 fully saturated rings. The van der Waals surface area contributed by atoms with Crippen molar-refractivity contribution in [3.8, 4) is 6.07 Å². The Morgan fingerprint density at radius 2 is 2.38 bits per heavy atom. The van der Waals surface area contributed by atoms with Crippen LogP contribution in [0.1, 0.15) is 29.7 Å². The standard InChI is InChI=1S/C13H18N2S/c1-11-4-8-16-12(11)3-7-15-10-13(9-14)5-2-6-13/h4,8,15H,2-3,5-7,10H2,1H3. The average molecular weight is 234 g/mol. The zero-order valence-electron chi connectivity index (χ0n) is 9.75. The van der Waals surface area contributed by atoms with E-state index in [1.807, 2.05) is 11.3 Å². The van der Waals surface area contributed by atoms with E-state index in [1.54, 1.807) is 0 Å². The largest absolute Gasteiger partial charge is 0.315 e. The van der Waals surface area contributed by atoms with Crippen molar-refractivity contribution in [3.63, 3.8) is 0 Å². The molecule has 1 aliphatic rings. The van der Waals surface area contributed by atoms with Gasteiger partial charge in [-0.3, -0.25) is 0 Å². The topological polar surface area (TPSA) is 35.8 Å². The van der Waals surface area contributed by atoms with Crippen LogP contribution < -0.4 is 5.32 Å². The minimum absolute atomic E-state index is 0.0372. The Morgan fingerprint density at radius 3 is 2.88 bits per heavy atom. The summed E-state index contributed by atoms with van der Waals surface area (Å²) in [6.45, 7) is 4.02. The lowest BCUT2D eigenvalue weighted by Gasteiger charge is -2.35. The fourth-order valence-corrected chi connectivity index (χ4v) is 3.03. The van der Waals surface area contributed by atoms with Crippen molar-refractivity contribution < 1.29 is 0 Å². The first kappa shape index (κ1) is 11.6. The summed E-state index contributed by atoms with van der Waals surface area (Å²) < 4.78 is 0. The van der Waals surface area contributed by atoms with Crippen molar-refractivity contribution in [1.82, 2.24) is 5.32 Å². The van der Waals surface area contributed by atoms with Crippen molar-refractivity contribution in [2.24, 2.45) is 5.41 Å². The van der Waals surface area contributed by atoms with Crippen molar-refractivity contribution in [1.29, 1.82) is 5.26 Å². The van der Waals surface area contributed by atoms with E-state index in [0.717, 1.165) is 32.4 Å². The van der Waals surface area contributed by atoms with Crippen LogP contribution in [0.15, 0.2) is 11.4 Å². The van der Waals surface area contributed by atoms with Crippen molar-refractivity contribution >= 4 is 11.3 Å². The molecular formula is C13H18N2S.